The van der Waals surface area contributed by atoms with Gasteiger partial charge in [0.25, 0.3) is 0 Å². The average molecular weight is 469 g/mol. The molecule has 1 aromatic rings. The molecule has 1 heterocycles. The van der Waals surface area contributed by atoms with Gasteiger partial charge < -0.3 is 19.7 Å². The molecule has 3 atom stereocenters. The summed E-state index contributed by atoms with van der Waals surface area (Å²) in [5, 5.41) is 3.29. The molecule has 2 aliphatic rings. The number of carbonyl (C=O) groups excluding carboxylic acids is 3. The van der Waals surface area contributed by atoms with E-state index in [1.165, 1.54) is 7.11 Å². The zero-order valence-corrected chi connectivity index (χ0v) is 21.1. The quantitative estimate of drug-likeness (QED) is 0.454. The summed E-state index contributed by atoms with van der Waals surface area (Å²) in [6, 6.07) is 7.96. The van der Waals surface area contributed by atoms with Gasteiger partial charge in [0.2, 0.25) is 0 Å². The third-order valence-corrected chi connectivity index (χ3v) is 6.76. The lowest BCUT2D eigenvalue weighted by Gasteiger charge is -2.38. The van der Waals surface area contributed by atoms with Crippen LogP contribution in [-0.2, 0) is 23.9 Å². The number of carbonyl (C=O) groups is 3. The molecule has 0 radical (unpaired) electrons. The van der Waals surface area contributed by atoms with Crippen molar-refractivity contribution in [1.29, 1.82) is 0 Å². The van der Waals surface area contributed by atoms with Gasteiger partial charge in [0, 0.05) is 41.7 Å². The Morgan fingerprint density at radius 3 is 2.32 bits per heavy atom. The van der Waals surface area contributed by atoms with E-state index in [-0.39, 0.29) is 11.7 Å². The Hall–Kier alpha value is -3.09. The summed E-state index contributed by atoms with van der Waals surface area (Å²) >= 11 is 0. The number of hydrogen-bond donors (Lipinski definition) is 1. The second-order valence-electron chi connectivity index (χ2n) is 8.94. The van der Waals surface area contributed by atoms with Gasteiger partial charge in [-0.3, -0.25) is 9.59 Å². The average Bonchev–Trinajstić information content (AvgIpc) is 2.82. The van der Waals surface area contributed by atoms with Crippen molar-refractivity contribution in [3.63, 3.8) is 0 Å². The first-order chi connectivity index (χ1) is 16.3. The van der Waals surface area contributed by atoms with Crippen LogP contribution in [0.25, 0.3) is 0 Å². The fraction of sp³-hybridized carbons (Fsp3) is 0.519. The zero-order chi connectivity index (χ0) is 25.0. The summed E-state index contributed by atoms with van der Waals surface area (Å²) in [5.41, 5.74) is 4.20. The lowest BCUT2D eigenvalue weighted by atomic mass is 9.69. The van der Waals surface area contributed by atoms with E-state index in [1.54, 1.807) is 0 Å². The van der Waals surface area contributed by atoms with Gasteiger partial charge in [0.15, 0.2) is 5.78 Å². The lowest BCUT2D eigenvalue weighted by Crippen LogP contribution is -2.43. The van der Waals surface area contributed by atoms with Gasteiger partial charge in [0.1, 0.15) is 5.92 Å². The van der Waals surface area contributed by atoms with Crippen LogP contribution in [0.4, 0.5) is 5.69 Å². The predicted octanol–water partition coefficient (Wildman–Crippen LogP) is 4.10. The molecule has 0 amide bonds. The van der Waals surface area contributed by atoms with Crippen LogP contribution in [0.2, 0.25) is 0 Å². The predicted molar refractivity (Wildman–Crippen MR) is 131 cm³/mol. The van der Waals surface area contributed by atoms with E-state index < -0.39 is 23.8 Å². The van der Waals surface area contributed by atoms with E-state index >= 15 is 0 Å². The molecule has 7 nitrogen and oxygen atoms in total. The van der Waals surface area contributed by atoms with Gasteiger partial charge in [-0.15, -0.1) is 0 Å². The van der Waals surface area contributed by atoms with Crippen molar-refractivity contribution in [3.05, 3.63) is 52.4 Å². The van der Waals surface area contributed by atoms with E-state index in [4.69, 9.17) is 9.47 Å². The van der Waals surface area contributed by atoms with Crippen LogP contribution in [0.3, 0.4) is 0 Å². The molecule has 1 aliphatic heterocycles. The lowest BCUT2D eigenvalue weighted by molar-refractivity contribution is -0.151. The number of nitrogens with zero attached hydrogens (tertiary/aromatic N) is 1. The van der Waals surface area contributed by atoms with Gasteiger partial charge in [-0.05, 0) is 57.2 Å². The van der Waals surface area contributed by atoms with Crippen LogP contribution in [0, 0.1) is 11.8 Å². The largest absolute Gasteiger partial charge is 0.468 e. The van der Waals surface area contributed by atoms with Crippen molar-refractivity contribution in [2.75, 3.05) is 31.7 Å². The molecular formula is C27H36N2O5. The summed E-state index contributed by atoms with van der Waals surface area (Å²) in [5.74, 6) is -3.00. The third kappa shape index (κ3) is 4.74. The van der Waals surface area contributed by atoms with Gasteiger partial charge in [0.05, 0.1) is 19.3 Å². The highest BCUT2D eigenvalue weighted by Gasteiger charge is 2.47. The van der Waals surface area contributed by atoms with Crippen molar-refractivity contribution >= 4 is 23.4 Å². The Morgan fingerprint density at radius 1 is 1.12 bits per heavy atom. The highest BCUT2D eigenvalue weighted by atomic mass is 16.5. The minimum Gasteiger partial charge on any atom is -0.468 e. The fourth-order valence-corrected chi connectivity index (χ4v) is 5.02. The SMILES string of the molecule is CCCOC(=O)C1=C(C)NC2=C(C(=O)[C@@H](C(=O)OC)[C@H](C)C2)[C@H]1c1ccc(N(CC)CC)cc1. The molecule has 7 heteroatoms. The maximum Gasteiger partial charge on any atom is 0.336 e. The topological polar surface area (TPSA) is 84.9 Å². The number of benzene rings is 1. The Kier molecular flexibility index (Phi) is 8.18. The minimum absolute atomic E-state index is 0.210. The maximum absolute atomic E-state index is 13.7. The van der Waals surface area contributed by atoms with Crippen LogP contribution in [0.1, 0.15) is 58.9 Å². The van der Waals surface area contributed by atoms with Crippen molar-refractivity contribution in [1.82, 2.24) is 5.32 Å². The van der Waals surface area contributed by atoms with Crippen LogP contribution in [0.5, 0.6) is 0 Å². The number of rotatable bonds is 8. The van der Waals surface area contributed by atoms with Gasteiger partial charge in [-0.1, -0.05) is 26.0 Å². The summed E-state index contributed by atoms with van der Waals surface area (Å²) in [6.07, 6.45) is 1.22. The van der Waals surface area contributed by atoms with E-state index in [9.17, 15) is 14.4 Å². The maximum atomic E-state index is 13.7. The Bertz CT molecular complexity index is 1000. The van der Waals surface area contributed by atoms with E-state index in [0.29, 0.717) is 36.3 Å². The van der Waals surface area contributed by atoms with Crippen LogP contribution in [-0.4, -0.2) is 44.5 Å². The fourth-order valence-electron chi connectivity index (χ4n) is 5.02. The van der Waals surface area contributed by atoms with E-state index in [2.05, 4.69) is 24.1 Å². The molecule has 0 aromatic heterocycles. The first-order valence-corrected chi connectivity index (χ1v) is 12.1. The summed E-state index contributed by atoms with van der Waals surface area (Å²) in [6.45, 7) is 11.9. The summed E-state index contributed by atoms with van der Waals surface area (Å²) in [4.78, 5) is 41.7. The highest BCUT2D eigenvalue weighted by Crippen LogP contribution is 2.45. The summed E-state index contributed by atoms with van der Waals surface area (Å²) < 4.78 is 10.5. The number of ether oxygens (including phenoxy) is 2. The Balaban J connectivity index is 2.13. The molecule has 0 spiro atoms. The smallest absolute Gasteiger partial charge is 0.336 e. The molecule has 184 valence electrons. The van der Waals surface area contributed by atoms with Gasteiger partial charge in [-0.25, -0.2) is 4.79 Å². The van der Waals surface area contributed by atoms with Crippen molar-refractivity contribution in [3.8, 4) is 0 Å². The normalized spacial score (nSPS) is 22.2. The number of dihydropyridines is 1. The number of Topliss-reactive ketones (excluding diaryl/α,β-unsaturated/α-hetero) is 1. The minimum atomic E-state index is -0.894. The van der Waals surface area contributed by atoms with Crippen LogP contribution in [0.15, 0.2) is 46.8 Å². The first kappa shape index (κ1) is 25.5. The van der Waals surface area contributed by atoms with Crippen molar-refractivity contribution in [2.45, 2.75) is 53.4 Å². The number of methoxy groups -OCH3 is 1. The van der Waals surface area contributed by atoms with Gasteiger partial charge in [-0.2, -0.15) is 0 Å². The second-order valence-corrected chi connectivity index (χ2v) is 8.94. The number of ketones is 1. The van der Waals surface area contributed by atoms with Crippen molar-refractivity contribution in [2.24, 2.45) is 11.8 Å². The standard InChI is InChI=1S/C27H36N2O5/c1-7-14-34-27(32)22-17(5)28-20-15-16(4)21(26(31)33-6)25(30)24(20)23(22)18-10-12-19(13-11-18)29(8-2)9-3/h10-13,16,21,23,28H,7-9,14-15H2,1-6H3/t16-,21+,23+/m1/s1. The Morgan fingerprint density at radius 2 is 1.76 bits per heavy atom. The molecule has 1 N–H and O–H groups in total. The van der Waals surface area contributed by atoms with Crippen molar-refractivity contribution < 1.29 is 23.9 Å². The highest BCUT2D eigenvalue weighted by molar-refractivity contribution is 6.12. The molecule has 1 aromatic carbocycles. The van der Waals surface area contributed by atoms with E-state index in [0.717, 1.165) is 30.0 Å². The molecule has 1 aliphatic carbocycles. The zero-order valence-electron chi connectivity index (χ0n) is 21.1. The number of esters is 2. The Labute approximate surface area is 202 Å². The first-order valence-electron chi connectivity index (χ1n) is 12.1. The number of anilines is 1. The number of allylic oxidation sites excluding steroid dienone is 3. The molecule has 0 unspecified atom stereocenters. The van der Waals surface area contributed by atoms with Gasteiger partial charge >= 0.3 is 11.9 Å². The van der Waals surface area contributed by atoms with E-state index in [1.807, 2.05) is 45.0 Å². The number of hydrogen-bond acceptors (Lipinski definition) is 7. The molecular weight excluding hydrogens is 432 g/mol. The number of nitrogens with one attached hydrogen (secondary N) is 1. The monoisotopic (exact) mass is 468 g/mol. The molecule has 34 heavy (non-hydrogen) atoms. The molecule has 0 bridgehead atoms. The molecule has 0 fully saturated rings. The van der Waals surface area contributed by atoms with Crippen LogP contribution >= 0.6 is 0 Å². The second kappa shape index (κ2) is 10.9. The third-order valence-electron chi connectivity index (χ3n) is 6.76. The molecule has 0 saturated carbocycles. The molecule has 3 rings (SSSR count). The summed E-state index contributed by atoms with van der Waals surface area (Å²) in [7, 11) is 1.30. The van der Waals surface area contributed by atoms with Crippen LogP contribution < -0.4 is 10.2 Å². The molecule has 0 saturated heterocycles.